The molecule has 0 radical (unpaired) electrons. The maximum absolute atomic E-state index is 11.7. The van der Waals surface area contributed by atoms with Gasteiger partial charge in [0.05, 0.1) is 18.2 Å². The third kappa shape index (κ3) is 10.1. The Kier molecular flexibility index (Phi) is 11.4. The fraction of sp³-hybridized carbons (Fsp3) is 0.371. The first kappa shape index (κ1) is 29.7. The van der Waals surface area contributed by atoms with E-state index in [2.05, 4.69) is 69.3 Å². The van der Waals surface area contributed by atoms with E-state index < -0.39 is 0 Å². The molecule has 0 fully saturated rings. The second-order valence-corrected chi connectivity index (χ2v) is 11.0. The van der Waals surface area contributed by atoms with Crippen LogP contribution >= 0.6 is 0 Å². The van der Waals surface area contributed by atoms with E-state index >= 15 is 0 Å². The van der Waals surface area contributed by atoms with Gasteiger partial charge in [0.1, 0.15) is 12.4 Å². The minimum absolute atomic E-state index is 0.129. The molecule has 4 heteroatoms. The average Bonchev–Trinajstić information content (AvgIpc) is 2.93. The van der Waals surface area contributed by atoms with E-state index in [-0.39, 0.29) is 17.3 Å². The van der Waals surface area contributed by atoms with Crippen molar-refractivity contribution in [3.8, 4) is 11.8 Å². The van der Waals surface area contributed by atoms with Gasteiger partial charge in [-0.05, 0) is 72.4 Å². The van der Waals surface area contributed by atoms with E-state index in [1.165, 1.54) is 11.1 Å². The first-order chi connectivity index (χ1) is 18.8. The summed E-state index contributed by atoms with van der Waals surface area (Å²) in [5.41, 5.74) is 5.48. The van der Waals surface area contributed by atoms with Crippen LogP contribution in [0.25, 0.3) is 6.08 Å². The molecule has 3 aromatic carbocycles. The fourth-order valence-electron chi connectivity index (χ4n) is 4.44. The molecule has 0 saturated heterocycles. The molecule has 39 heavy (non-hydrogen) atoms. The Hall–Kier alpha value is -3.84. The Balaban J connectivity index is 1.68. The number of benzene rings is 3. The summed E-state index contributed by atoms with van der Waals surface area (Å²) in [6, 6.07) is 26.7. The molecule has 204 valence electrons. The van der Waals surface area contributed by atoms with Crippen molar-refractivity contribution in [3.05, 3.63) is 107 Å². The number of unbranched alkanes of at least 4 members (excludes halogenated alkanes) is 1. The molecule has 3 rings (SSSR count). The quantitative estimate of drug-likeness (QED) is 0.167. The number of nitrogens with zero attached hydrogens (tertiary/aromatic N) is 1. The van der Waals surface area contributed by atoms with E-state index in [0.29, 0.717) is 25.2 Å². The van der Waals surface area contributed by atoms with Gasteiger partial charge in [0.15, 0.2) is 0 Å². The molecule has 0 amide bonds. The van der Waals surface area contributed by atoms with Crippen LogP contribution in [-0.2, 0) is 28.0 Å². The van der Waals surface area contributed by atoms with Crippen molar-refractivity contribution >= 4 is 12.0 Å². The summed E-state index contributed by atoms with van der Waals surface area (Å²) in [4.78, 5) is 11.7. The van der Waals surface area contributed by atoms with Crippen LogP contribution in [0.15, 0.2) is 78.9 Å². The molecular formula is C35H41NO3. The number of esters is 1. The van der Waals surface area contributed by atoms with Gasteiger partial charge in [0.25, 0.3) is 0 Å². The zero-order valence-electron chi connectivity index (χ0n) is 23.8. The molecular weight excluding hydrogens is 482 g/mol. The lowest BCUT2D eigenvalue weighted by molar-refractivity contribution is -0.143. The number of nitriles is 1. The number of para-hydroxylation sites is 1. The number of rotatable bonds is 13. The SMILES string of the molecule is CCOC(=O)CCCCC(C=Cc1ccccc1OCc1ccc(C(C)(C)C)cc1)Cc1ccc(C#N)cc1. The molecule has 0 bridgehead atoms. The zero-order valence-corrected chi connectivity index (χ0v) is 23.8. The van der Waals surface area contributed by atoms with E-state index in [9.17, 15) is 4.79 Å². The molecule has 0 aliphatic carbocycles. The smallest absolute Gasteiger partial charge is 0.305 e. The summed E-state index contributed by atoms with van der Waals surface area (Å²) in [5, 5.41) is 9.12. The summed E-state index contributed by atoms with van der Waals surface area (Å²) < 4.78 is 11.3. The van der Waals surface area contributed by atoms with Crippen LogP contribution < -0.4 is 4.74 Å². The summed E-state index contributed by atoms with van der Waals surface area (Å²) in [7, 11) is 0. The third-order valence-corrected chi connectivity index (χ3v) is 6.77. The Morgan fingerprint density at radius 3 is 2.31 bits per heavy atom. The number of allylic oxidation sites excluding steroid dienone is 1. The molecule has 0 aliphatic rings. The summed E-state index contributed by atoms with van der Waals surface area (Å²) in [6.07, 6.45) is 8.43. The van der Waals surface area contributed by atoms with Gasteiger partial charge in [-0.1, -0.05) is 93.9 Å². The highest BCUT2D eigenvalue weighted by molar-refractivity contribution is 5.69. The molecule has 1 unspecified atom stereocenters. The van der Waals surface area contributed by atoms with Gasteiger partial charge < -0.3 is 9.47 Å². The summed E-state index contributed by atoms with van der Waals surface area (Å²) in [5.74, 6) is 1.02. The largest absolute Gasteiger partial charge is 0.488 e. The van der Waals surface area contributed by atoms with Crippen molar-refractivity contribution in [1.82, 2.24) is 0 Å². The Bertz CT molecular complexity index is 1240. The number of hydrogen-bond acceptors (Lipinski definition) is 4. The van der Waals surface area contributed by atoms with E-state index in [1.807, 2.05) is 49.4 Å². The average molecular weight is 524 g/mol. The van der Waals surface area contributed by atoms with Gasteiger partial charge in [0.2, 0.25) is 0 Å². The molecule has 0 heterocycles. The van der Waals surface area contributed by atoms with Crippen molar-refractivity contribution in [2.24, 2.45) is 5.92 Å². The Morgan fingerprint density at radius 2 is 1.64 bits per heavy atom. The van der Waals surface area contributed by atoms with Crippen molar-refractivity contribution in [2.75, 3.05) is 6.61 Å². The van der Waals surface area contributed by atoms with Gasteiger partial charge in [-0.15, -0.1) is 0 Å². The topological polar surface area (TPSA) is 59.3 Å². The zero-order chi connectivity index (χ0) is 28.1. The molecule has 0 aromatic heterocycles. The van der Waals surface area contributed by atoms with Crippen molar-refractivity contribution < 1.29 is 14.3 Å². The summed E-state index contributed by atoms with van der Waals surface area (Å²) in [6.45, 7) is 9.42. The Labute approximate surface area is 234 Å². The molecule has 0 aliphatic heterocycles. The molecule has 1 atom stereocenters. The van der Waals surface area contributed by atoms with Gasteiger partial charge >= 0.3 is 5.97 Å². The first-order valence-electron chi connectivity index (χ1n) is 13.9. The molecule has 0 spiro atoms. The van der Waals surface area contributed by atoms with Crippen LogP contribution in [0.3, 0.4) is 0 Å². The highest BCUT2D eigenvalue weighted by atomic mass is 16.5. The lowest BCUT2D eigenvalue weighted by Crippen LogP contribution is -2.10. The van der Waals surface area contributed by atoms with Crippen LogP contribution in [0, 0.1) is 17.2 Å². The van der Waals surface area contributed by atoms with Gasteiger partial charge in [0, 0.05) is 12.0 Å². The van der Waals surface area contributed by atoms with Crippen molar-refractivity contribution in [2.45, 2.75) is 71.8 Å². The second-order valence-electron chi connectivity index (χ2n) is 11.0. The molecule has 0 saturated carbocycles. The highest BCUT2D eigenvalue weighted by Crippen LogP contribution is 2.26. The van der Waals surface area contributed by atoms with Crippen molar-refractivity contribution in [1.29, 1.82) is 5.26 Å². The van der Waals surface area contributed by atoms with E-state index in [4.69, 9.17) is 14.7 Å². The number of hydrogen-bond donors (Lipinski definition) is 0. The number of ether oxygens (including phenoxy) is 2. The maximum Gasteiger partial charge on any atom is 0.305 e. The predicted octanol–water partition coefficient (Wildman–Crippen LogP) is 8.43. The third-order valence-electron chi connectivity index (χ3n) is 6.77. The predicted molar refractivity (Wildman–Crippen MR) is 158 cm³/mol. The van der Waals surface area contributed by atoms with Crippen LogP contribution in [0.1, 0.15) is 81.2 Å². The monoisotopic (exact) mass is 523 g/mol. The number of carbonyl (C=O) groups excluding carboxylic acids is 1. The van der Waals surface area contributed by atoms with Crippen LogP contribution in [-0.4, -0.2) is 12.6 Å². The van der Waals surface area contributed by atoms with Gasteiger partial charge in [-0.3, -0.25) is 4.79 Å². The number of carbonyl (C=O) groups is 1. The van der Waals surface area contributed by atoms with E-state index in [0.717, 1.165) is 42.6 Å². The van der Waals surface area contributed by atoms with E-state index in [1.54, 1.807) is 0 Å². The van der Waals surface area contributed by atoms with Gasteiger partial charge in [-0.25, -0.2) is 0 Å². The maximum atomic E-state index is 11.7. The lowest BCUT2D eigenvalue weighted by Gasteiger charge is -2.19. The normalized spacial score (nSPS) is 12.2. The Morgan fingerprint density at radius 1 is 0.949 bits per heavy atom. The fourth-order valence-corrected chi connectivity index (χ4v) is 4.44. The van der Waals surface area contributed by atoms with Crippen LogP contribution in [0.2, 0.25) is 0 Å². The second kappa shape index (κ2) is 14.9. The molecule has 3 aromatic rings. The first-order valence-corrected chi connectivity index (χ1v) is 13.9. The van der Waals surface area contributed by atoms with Crippen molar-refractivity contribution in [3.63, 3.8) is 0 Å². The van der Waals surface area contributed by atoms with Crippen LogP contribution in [0.4, 0.5) is 0 Å². The molecule has 0 N–H and O–H groups in total. The minimum Gasteiger partial charge on any atom is -0.488 e. The van der Waals surface area contributed by atoms with Crippen LogP contribution in [0.5, 0.6) is 5.75 Å². The summed E-state index contributed by atoms with van der Waals surface area (Å²) >= 11 is 0. The highest BCUT2D eigenvalue weighted by Gasteiger charge is 2.13. The standard InChI is InChI=1S/C35H41NO3/c1-5-38-34(37)13-9-6-10-27(24-28-14-16-29(25-36)17-15-28)18-21-31-11-7-8-12-33(31)39-26-30-19-22-32(23-20-30)35(2,3)4/h7-8,11-12,14-23,27H,5-6,9-10,13,24,26H2,1-4H3. The minimum atomic E-state index is -0.129. The lowest BCUT2D eigenvalue weighted by atomic mass is 9.87. The molecule has 4 nitrogen and oxygen atoms in total. The van der Waals surface area contributed by atoms with Gasteiger partial charge in [-0.2, -0.15) is 5.26 Å².